The van der Waals surface area contributed by atoms with Gasteiger partial charge in [0.2, 0.25) is 5.91 Å². The van der Waals surface area contributed by atoms with Crippen molar-refractivity contribution in [3.63, 3.8) is 0 Å². The van der Waals surface area contributed by atoms with Gasteiger partial charge in [-0.2, -0.15) is 5.26 Å². The van der Waals surface area contributed by atoms with Gasteiger partial charge in [0.15, 0.2) is 0 Å². The lowest BCUT2D eigenvalue weighted by Crippen LogP contribution is -2.36. The van der Waals surface area contributed by atoms with Crippen molar-refractivity contribution in [3.8, 4) is 6.07 Å². The summed E-state index contributed by atoms with van der Waals surface area (Å²) in [5, 5.41) is 12.0. The van der Waals surface area contributed by atoms with Gasteiger partial charge >= 0.3 is 0 Å². The molecule has 36 heavy (non-hydrogen) atoms. The Morgan fingerprint density at radius 2 is 1.64 bits per heavy atom. The second-order valence-electron chi connectivity index (χ2n) is 9.35. The molecule has 0 bridgehead atoms. The molecule has 1 aliphatic rings. The van der Waals surface area contributed by atoms with E-state index in [9.17, 15) is 9.59 Å². The molecular formula is C30H32N4O2. The van der Waals surface area contributed by atoms with Crippen molar-refractivity contribution in [1.29, 1.82) is 5.26 Å². The highest BCUT2D eigenvalue weighted by Gasteiger charge is 2.27. The second kappa shape index (κ2) is 12.1. The Morgan fingerprint density at radius 3 is 2.36 bits per heavy atom. The normalized spacial score (nSPS) is 13.6. The van der Waals surface area contributed by atoms with E-state index in [1.807, 2.05) is 47.4 Å². The lowest BCUT2D eigenvalue weighted by atomic mass is 9.88. The molecule has 0 radical (unpaired) electrons. The molecular weight excluding hydrogens is 448 g/mol. The minimum atomic E-state index is -0.257. The largest absolute Gasteiger partial charge is 0.334 e. The maximum Gasteiger partial charge on any atom is 0.255 e. The number of nitrogens with two attached hydrogens (primary N) is 1. The van der Waals surface area contributed by atoms with E-state index < -0.39 is 0 Å². The summed E-state index contributed by atoms with van der Waals surface area (Å²) >= 11 is 0. The summed E-state index contributed by atoms with van der Waals surface area (Å²) < 4.78 is 0. The number of hydrogen-bond acceptors (Lipinski definition) is 4. The third-order valence-corrected chi connectivity index (χ3v) is 6.77. The molecule has 0 aliphatic heterocycles. The fourth-order valence-electron chi connectivity index (χ4n) is 4.77. The predicted octanol–water partition coefficient (Wildman–Crippen LogP) is 5.38. The van der Waals surface area contributed by atoms with Crippen LogP contribution < -0.4 is 11.1 Å². The molecule has 3 aromatic carbocycles. The van der Waals surface area contributed by atoms with E-state index in [2.05, 4.69) is 17.5 Å². The second-order valence-corrected chi connectivity index (χ2v) is 9.35. The summed E-state index contributed by atoms with van der Waals surface area (Å²) in [5.41, 5.74) is 10.4. The highest BCUT2D eigenvalue weighted by Crippen LogP contribution is 2.28. The summed E-state index contributed by atoms with van der Waals surface area (Å²) in [6.45, 7) is 1.34. The minimum Gasteiger partial charge on any atom is -0.334 e. The molecule has 6 heteroatoms. The van der Waals surface area contributed by atoms with E-state index in [1.54, 1.807) is 24.3 Å². The number of anilines is 1. The predicted molar refractivity (Wildman–Crippen MR) is 141 cm³/mol. The SMILES string of the molecule is N#Cc1ccc(C(=O)Nc2ccccc2CN(Cc2cccc(CN)c2)C(=O)C2CCCCC2)cc1. The van der Waals surface area contributed by atoms with Crippen LogP contribution in [0.1, 0.15) is 64.7 Å². The van der Waals surface area contributed by atoms with Crippen LogP contribution in [0, 0.1) is 17.2 Å². The lowest BCUT2D eigenvalue weighted by Gasteiger charge is -2.30. The van der Waals surface area contributed by atoms with Gasteiger partial charge < -0.3 is 16.0 Å². The smallest absolute Gasteiger partial charge is 0.255 e. The molecule has 3 aromatic rings. The molecule has 184 valence electrons. The molecule has 0 atom stereocenters. The third kappa shape index (κ3) is 6.38. The fourth-order valence-corrected chi connectivity index (χ4v) is 4.77. The van der Waals surface area contributed by atoms with Crippen LogP contribution in [0.25, 0.3) is 0 Å². The molecule has 0 heterocycles. The lowest BCUT2D eigenvalue weighted by molar-refractivity contribution is -0.137. The number of nitrogens with zero attached hydrogens (tertiary/aromatic N) is 2. The van der Waals surface area contributed by atoms with E-state index in [4.69, 9.17) is 11.0 Å². The van der Waals surface area contributed by atoms with E-state index in [0.717, 1.165) is 42.4 Å². The summed E-state index contributed by atoms with van der Waals surface area (Å²) in [7, 11) is 0. The van der Waals surface area contributed by atoms with Crippen LogP contribution in [0.15, 0.2) is 72.8 Å². The van der Waals surface area contributed by atoms with E-state index in [0.29, 0.717) is 36.4 Å². The zero-order chi connectivity index (χ0) is 25.3. The van der Waals surface area contributed by atoms with Gasteiger partial charge in [-0.15, -0.1) is 0 Å². The van der Waals surface area contributed by atoms with Crippen LogP contribution in [-0.2, 0) is 24.4 Å². The maximum atomic E-state index is 13.7. The molecule has 2 amide bonds. The number of carbonyl (C=O) groups is 2. The molecule has 0 saturated heterocycles. The zero-order valence-corrected chi connectivity index (χ0v) is 20.5. The topological polar surface area (TPSA) is 99.2 Å². The van der Waals surface area contributed by atoms with E-state index in [-0.39, 0.29) is 17.7 Å². The molecule has 0 spiro atoms. The van der Waals surface area contributed by atoms with Crippen molar-refractivity contribution in [1.82, 2.24) is 4.90 Å². The number of benzene rings is 3. The van der Waals surface area contributed by atoms with Gasteiger partial charge in [0.25, 0.3) is 5.91 Å². The van der Waals surface area contributed by atoms with Gasteiger partial charge in [-0.25, -0.2) is 0 Å². The van der Waals surface area contributed by atoms with Crippen LogP contribution in [0.5, 0.6) is 0 Å². The highest BCUT2D eigenvalue weighted by atomic mass is 16.2. The fraction of sp³-hybridized carbons (Fsp3) is 0.300. The van der Waals surface area contributed by atoms with Gasteiger partial charge in [0.1, 0.15) is 0 Å². The first-order chi connectivity index (χ1) is 17.6. The van der Waals surface area contributed by atoms with Crippen molar-refractivity contribution in [2.75, 3.05) is 5.32 Å². The van der Waals surface area contributed by atoms with Gasteiger partial charge in [0.05, 0.1) is 11.6 Å². The van der Waals surface area contributed by atoms with Gasteiger partial charge in [0, 0.05) is 36.8 Å². The van der Waals surface area contributed by atoms with E-state index >= 15 is 0 Å². The summed E-state index contributed by atoms with van der Waals surface area (Å²) in [6, 6.07) is 24.2. The Morgan fingerprint density at radius 1 is 0.917 bits per heavy atom. The average molecular weight is 481 g/mol. The molecule has 4 rings (SSSR count). The Balaban J connectivity index is 1.57. The Labute approximate surface area is 212 Å². The quantitative estimate of drug-likeness (QED) is 0.452. The standard InChI is InChI=1S/C30H32N4O2/c31-18-22-13-15-25(16-14-22)29(35)33-28-12-5-4-11-27(28)21-34(30(36)26-9-2-1-3-10-26)20-24-8-6-7-23(17-24)19-32/h4-8,11-17,26H,1-3,9-10,19-21,32H2,(H,33,35). The summed E-state index contributed by atoms with van der Waals surface area (Å²) in [6.07, 6.45) is 5.21. The number of rotatable bonds is 8. The molecule has 3 N–H and O–H groups in total. The Kier molecular flexibility index (Phi) is 8.48. The molecule has 1 aliphatic carbocycles. The van der Waals surface area contributed by atoms with Crippen molar-refractivity contribution in [3.05, 3.63) is 101 Å². The maximum absolute atomic E-state index is 13.7. The van der Waals surface area contributed by atoms with E-state index in [1.165, 1.54) is 6.42 Å². The Bertz CT molecular complexity index is 1240. The van der Waals surface area contributed by atoms with Gasteiger partial charge in [-0.1, -0.05) is 61.7 Å². The molecule has 6 nitrogen and oxygen atoms in total. The number of nitriles is 1. The number of hydrogen-bond donors (Lipinski definition) is 2. The third-order valence-electron chi connectivity index (χ3n) is 6.77. The molecule has 1 saturated carbocycles. The number of para-hydroxylation sites is 1. The zero-order valence-electron chi connectivity index (χ0n) is 20.5. The summed E-state index contributed by atoms with van der Waals surface area (Å²) in [4.78, 5) is 28.5. The van der Waals surface area contributed by atoms with Crippen LogP contribution in [0.4, 0.5) is 5.69 Å². The van der Waals surface area contributed by atoms with Crippen molar-refractivity contribution < 1.29 is 9.59 Å². The highest BCUT2D eigenvalue weighted by molar-refractivity contribution is 6.04. The van der Waals surface area contributed by atoms with Crippen molar-refractivity contribution in [2.45, 2.75) is 51.7 Å². The first kappa shape index (κ1) is 25.2. The number of carbonyl (C=O) groups excluding carboxylic acids is 2. The van der Waals surface area contributed by atoms with Crippen LogP contribution in [-0.4, -0.2) is 16.7 Å². The average Bonchev–Trinajstić information content (AvgIpc) is 2.94. The van der Waals surface area contributed by atoms with Gasteiger partial charge in [-0.3, -0.25) is 9.59 Å². The monoisotopic (exact) mass is 480 g/mol. The molecule has 0 unspecified atom stereocenters. The summed E-state index contributed by atoms with van der Waals surface area (Å²) in [5.74, 6) is -0.0503. The molecule has 0 aromatic heterocycles. The number of nitrogens with one attached hydrogen (secondary N) is 1. The van der Waals surface area contributed by atoms with Crippen LogP contribution in [0.3, 0.4) is 0 Å². The number of amides is 2. The van der Waals surface area contributed by atoms with Crippen molar-refractivity contribution in [2.24, 2.45) is 11.7 Å². The minimum absolute atomic E-state index is 0.0387. The first-order valence-corrected chi connectivity index (χ1v) is 12.5. The first-order valence-electron chi connectivity index (χ1n) is 12.5. The Hall–Kier alpha value is -3.95. The van der Waals surface area contributed by atoms with Crippen molar-refractivity contribution >= 4 is 17.5 Å². The van der Waals surface area contributed by atoms with Crippen LogP contribution >= 0.6 is 0 Å². The van der Waals surface area contributed by atoms with Gasteiger partial charge in [-0.05, 0) is 59.9 Å². The molecule has 1 fully saturated rings. The van der Waals surface area contributed by atoms with Crippen LogP contribution in [0.2, 0.25) is 0 Å².